The number of fused-ring (bicyclic) bond motifs is 3. The summed E-state index contributed by atoms with van der Waals surface area (Å²) in [6.45, 7) is 1.87. The van der Waals surface area contributed by atoms with Gasteiger partial charge in [0.1, 0.15) is 11.3 Å². The van der Waals surface area contributed by atoms with Crippen LogP contribution in [0.25, 0.3) is 11.1 Å². The quantitative estimate of drug-likeness (QED) is 0.700. The summed E-state index contributed by atoms with van der Waals surface area (Å²) in [5.74, 6) is -2.03. The Balaban J connectivity index is 2.39. The lowest BCUT2D eigenvalue weighted by atomic mass is 10.00. The van der Waals surface area contributed by atoms with Gasteiger partial charge < -0.3 is 10.2 Å². The first-order chi connectivity index (χ1) is 9.00. The molecule has 0 amide bonds. The molecule has 0 saturated heterocycles. The summed E-state index contributed by atoms with van der Waals surface area (Å²) < 4.78 is 0. The number of aryl methyl sites for hydroxylation is 1. The molecule has 1 aliphatic carbocycles. The Kier molecular flexibility index (Phi) is 2.22. The molecule has 2 aromatic rings. The maximum Gasteiger partial charge on any atom is 0.340 e. The van der Waals surface area contributed by atoms with Gasteiger partial charge in [-0.15, -0.1) is 0 Å². The molecule has 0 unspecified atom stereocenters. The molecular weight excluding hydrogens is 244 g/mol. The van der Waals surface area contributed by atoms with Gasteiger partial charge in [0.15, 0.2) is 5.78 Å². The number of aromatic carboxylic acids is 1. The Morgan fingerprint density at radius 3 is 2.42 bits per heavy atom. The number of carbonyl (C=O) groups excluding carboxylic acids is 1. The monoisotopic (exact) mass is 254 g/mol. The zero-order chi connectivity index (χ0) is 13.7. The van der Waals surface area contributed by atoms with Crippen LogP contribution in [0.3, 0.4) is 0 Å². The van der Waals surface area contributed by atoms with Crippen LogP contribution >= 0.6 is 0 Å². The minimum atomic E-state index is -1.30. The zero-order valence-corrected chi connectivity index (χ0v) is 10.1. The fraction of sp³-hybridized carbons (Fsp3) is 0.0667. The smallest absolute Gasteiger partial charge is 0.340 e. The van der Waals surface area contributed by atoms with E-state index in [2.05, 4.69) is 0 Å². The number of benzene rings is 2. The lowest BCUT2D eigenvalue weighted by Gasteiger charge is -2.05. The summed E-state index contributed by atoms with van der Waals surface area (Å²) in [4.78, 5) is 23.6. The van der Waals surface area contributed by atoms with Crippen molar-refractivity contribution in [2.24, 2.45) is 0 Å². The Morgan fingerprint density at radius 1 is 1.05 bits per heavy atom. The Bertz CT molecular complexity index is 744. The molecule has 2 N–H and O–H groups in total. The molecule has 1 aliphatic rings. The summed E-state index contributed by atoms with van der Waals surface area (Å²) in [6.07, 6.45) is 0. The molecule has 4 heteroatoms. The molecular formula is C15H10O4. The van der Waals surface area contributed by atoms with Crippen molar-refractivity contribution >= 4 is 11.8 Å². The molecule has 0 aliphatic heterocycles. The summed E-state index contributed by atoms with van der Waals surface area (Å²) in [5, 5.41) is 18.8. The number of hydrogen-bond donors (Lipinski definition) is 2. The van der Waals surface area contributed by atoms with Crippen molar-refractivity contribution in [3.63, 3.8) is 0 Å². The molecule has 2 aromatic carbocycles. The average molecular weight is 254 g/mol. The van der Waals surface area contributed by atoms with Gasteiger partial charge in [-0.2, -0.15) is 0 Å². The largest absolute Gasteiger partial charge is 0.507 e. The molecule has 0 fully saturated rings. The first kappa shape index (κ1) is 11.5. The van der Waals surface area contributed by atoms with Crippen LogP contribution in [0.1, 0.15) is 31.8 Å². The molecule has 0 bridgehead atoms. The summed E-state index contributed by atoms with van der Waals surface area (Å²) in [7, 11) is 0. The highest BCUT2D eigenvalue weighted by molar-refractivity contribution is 6.25. The highest BCUT2D eigenvalue weighted by atomic mass is 16.4. The Morgan fingerprint density at radius 2 is 1.74 bits per heavy atom. The summed E-state index contributed by atoms with van der Waals surface area (Å²) in [6, 6.07) is 8.30. The van der Waals surface area contributed by atoms with Crippen molar-refractivity contribution < 1.29 is 19.8 Å². The first-order valence-corrected chi connectivity index (χ1v) is 5.75. The van der Waals surface area contributed by atoms with Crippen molar-refractivity contribution in [3.05, 3.63) is 52.6 Å². The van der Waals surface area contributed by atoms with Gasteiger partial charge in [0.2, 0.25) is 0 Å². The second kappa shape index (κ2) is 3.68. The topological polar surface area (TPSA) is 74.6 Å². The molecule has 94 valence electrons. The molecule has 3 rings (SSSR count). The van der Waals surface area contributed by atoms with Gasteiger partial charge in [0, 0.05) is 11.1 Å². The predicted molar refractivity (Wildman–Crippen MR) is 68.7 cm³/mol. The zero-order valence-electron chi connectivity index (χ0n) is 10.1. The van der Waals surface area contributed by atoms with Crippen molar-refractivity contribution in [1.29, 1.82) is 0 Å². The standard InChI is InChI=1S/C15H10O4/c1-7-2-3-8-9-4-5-11(16)13(15(18)19)12(9)14(17)10(8)6-7/h2-6,16H,1H3,(H,18,19). The van der Waals surface area contributed by atoms with Gasteiger partial charge in [0.25, 0.3) is 0 Å². The number of carboxylic acid groups (broad SMARTS) is 1. The number of carboxylic acids is 1. The van der Waals surface area contributed by atoms with E-state index in [9.17, 15) is 14.7 Å². The van der Waals surface area contributed by atoms with E-state index in [1.165, 1.54) is 6.07 Å². The van der Waals surface area contributed by atoms with Crippen molar-refractivity contribution in [2.75, 3.05) is 0 Å². The predicted octanol–water partition coefficient (Wildman–Crippen LogP) is 2.61. The van der Waals surface area contributed by atoms with E-state index < -0.39 is 5.97 Å². The second-order valence-corrected chi connectivity index (χ2v) is 4.57. The van der Waals surface area contributed by atoms with E-state index in [1.807, 2.05) is 13.0 Å². The minimum absolute atomic E-state index is 0.0769. The third-order valence-electron chi connectivity index (χ3n) is 3.33. The molecule has 19 heavy (non-hydrogen) atoms. The Labute approximate surface area is 108 Å². The van der Waals surface area contributed by atoms with Crippen LogP contribution < -0.4 is 0 Å². The van der Waals surface area contributed by atoms with Gasteiger partial charge >= 0.3 is 5.97 Å². The maximum absolute atomic E-state index is 12.3. The number of phenols is 1. The van der Waals surface area contributed by atoms with Gasteiger partial charge in [-0.1, -0.05) is 17.7 Å². The summed E-state index contributed by atoms with van der Waals surface area (Å²) >= 11 is 0. The lowest BCUT2D eigenvalue weighted by Crippen LogP contribution is -2.07. The molecule has 0 spiro atoms. The van der Waals surface area contributed by atoms with E-state index >= 15 is 0 Å². The highest BCUT2D eigenvalue weighted by Gasteiger charge is 2.33. The van der Waals surface area contributed by atoms with E-state index in [1.54, 1.807) is 18.2 Å². The maximum atomic E-state index is 12.3. The van der Waals surface area contributed by atoms with E-state index in [0.29, 0.717) is 16.7 Å². The molecule has 0 aromatic heterocycles. The SMILES string of the molecule is Cc1ccc2c(c1)C(=O)c1c-2ccc(O)c1C(=O)O. The molecule has 0 saturated carbocycles. The third-order valence-corrected chi connectivity index (χ3v) is 3.33. The van der Waals surface area contributed by atoms with Crippen molar-refractivity contribution in [3.8, 4) is 16.9 Å². The fourth-order valence-electron chi connectivity index (χ4n) is 2.48. The van der Waals surface area contributed by atoms with Crippen LogP contribution in [0.5, 0.6) is 5.75 Å². The molecule has 0 heterocycles. The van der Waals surface area contributed by atoms with Crippen LogP contribution in [0.4, 0.5) is 0 Å². The Hall–Kier alpha value is -2.62. The van der Waals surface area contributed by atoms with Gasteiger partial charge in [-0.05, 0) is 36.2 Å². The third kappa shape index (κ3) is 1.46. The van der Waals surface area contributed by atoms with E-state index in [4.69, 9.17) is 5.11 Å². The van der Waals surface area contributed by atoms with Crippen molar-refractivity contribution in [2.45, 2.75) is 6.92 Å². The average Bonchev–Trinajstić information content (AvgIpc) is 2.62. The number of hydrogen-bond acceptors (Lipinski definition) is 3. The minimum Gasteiger partial charge on any atom is -0.507 e. The van der Waals surface area contributed by atoms with Crippen molar-refractivity contribution in [1.82, 2.24) is 0 Å². The first-order valence-electron chi connectivity index (χ1n) is 5.75. The van der Waals surface area contributed by atoms with E-state index in [0.717, 1.165) is 5.56 Å². The van der Waals surface area contributed by atoms with Crippen LogP contribution in [0.2, 0.25) is 0 Å². The lowest BCUT2D eigenvalue weighted by molar-refractivity contribution is 0.0689. The van der Waals surface area contributed by atoms with E-state index in [-0.39, 0.29) is 22.7 Å². The van der Waals surface area contributed by atoms with Gasteiger partial charge in [-0.3, -0.25) is 4.79 Å². The highest BCUT2D eigenvalue weighted by Crippen LogP contribution is 2.41. The second-order valence-electron chi connectivity index (χ2n) is 4.57. The number of aromatic hydroxyl groups is 1. The van der Waals surface area contributed by atoms with Gasteiger partial charge in [0.05, 0.1) is 0 Å². The molecule has 4 nitrogen and oxygen atoms in total. The summed E-state index contributed by atoms with van der Waals surface area (Å²) in [5.41, 5.74) is 2.46. The molecule has 0 atom stereocenters. The van der Waals surface area contributed by atoms with Crippen LogP contribution in [0.15, 0.2) is 30.3 Å². The number of rotatable bonds is 1. The van der Waals surface area contributed by atoms with Crippen LogP contribution in [0, 0.1) is 6.92 Å². The molecule has 0 radical (unpaired) electrons. The number of carbonyl (C=O) groups is 2. The fourth-order valence-corrected chi connectivity index (χ4v) is 2.48. The van der Waals surface area contributed by atoms with Crippen LogP contribution in [-0.4, -0.2) is 22.0 Å². The van der Waals surface area contributed by atoms with Gasteiger partial charge in [-0.25, -0.2) is 4.79 Å². The normalized spacial score (nSPS) is 12.2. The number of ketones is 1. The van der Waals surface area contributed by atoms with Crippen LogP contribution in [-0.2, 0) is 0 Å².